The van der Waals surface area contributed by atoms with Crippen molar-refractivity contribution in [1.29, 1.82) is 0 Å². The molecular weight excluding hydrogens is 178 g/mol. The van der Waals surface area contributed by atoms with E-state index < -0.39 is 17.7 Å². The van der Waals surface area contributed by atoms with E-state index in [1.54, 1.807) is 0 Å². The van der Waals surface area contributed by atoms with Crippen LogP contribution in [-0.2, 0) is 11.2 Å². The summed E-state index contributed by atoms with van der Waals surface area (Å²) >= 11 is 0. The van der Waals surface area contributed by atoms with Gasteiger partial charge in [-0.3, -0.25) is 9.78 Å². The Morgan fingerprint density at radius 3 is 2.54 bits per heavy atom. The molecule has 13 heavy (non-hydrogen) atoms. The van der Waals surface area contributed by atoms with Crippen LogP contribution >= 0.6 is 0 Å². The maximum Gasteiger partial charge on any atom is 0.325 e. The summed E-state index contributed by atoms with van der Waals surface area (Å²) in [5.41, 5.74) is 4.68. The molecule has 0 bridgehead atoms. The largest absolute Gasteiger partial charge is 0.493 e. The zero-order chi connectivity index (χ0) is 10.0. The second-order valence-electron chi connectivity index (χ2n) is 2.56. The average molecular weight is 187 g/mol. The molecule has 0 radical (unpaired) electrons. The Bertz CT molecular complexity index is 366. The Labute approximate surface area is 72.2 Å². The van der Waals surface area contributed by atoms with Gasteiger partial charge in [-0.05, 0) is 0 Å². The molecule has 7 heteroatoms. The van der Waals surface area contributed by atoms with Crippen LogP contribution in [0.15, 0.2) is 4.79 Å². The van der Waals surface area contributed by atoms with Crippen LogP contribution in [0.2, 0.25) is 0 Å². The highest BCUT2D eigenvalue weighted by Gasteiger charge is 2.16. The van der Waals surface area contributed by atoms with Gasteiger partial charge in [0.15, 0.2) is 0 Å². The Hall–Kier alpha value is -1.76. The van der Waals surface area contributed by atoms with Gasteiger partial charge in [0.2, 0.25) is 5.88 Å². The van der Waals surface area contributed by atoms with E-state index in [4.69, 9.17) is 15.9 Å². The minimum absolute atomic E-state index is 0.0971. The number of rotatable bonds is 3. The van der Waals surface area contributed by atoms with Crippen molar-refractivity contribution in [3.05, 3.63) is 16.2 Å². The third-order valence-corrected chi connectivity index (χ3v) is 1.52. The van der Waals surface area contributed by atoms with Crippen molar-refractivity contribution in [2.45, 2.75) is 12.5 Å². The summed E-state index contributed by atoms with van der Waals surface area (Å²) in [6.07, 6.45) is -0.125. The summed E-state index contributed by atoms with van der Waals surface area (Å²) in [5, 5.41) is 17.5. The molecule has 0 amide bonds. The zero-order valence-corrected chi connectivity index (χ0v) is 6.57. The van der Waals surface area contributed by atoms with Crippen molar-refractivity contribution in [3.8, 4) is 5.88 Å². The fraction of sp³-hybridized carbons (Fsp3) is 0.333. The summed E-state index contributed by atoms with van der Waals surface area (Å²) in [4.78, 5) is 25.2. The number of carbonyl (C=O) groups is 1. The Morgan fingerprint density at radius 2 is 2.15 bits per heavy atom. The van der Waals surface area contributed by atoms with Gasteiger partial charge in [-0.2, -0.15) is 0 Å². The lowest BCUT2D eigenvalue weighted by atomic mass is 10.2. The molecule has 1 heterocycles. The van der Waals surface area contributed by atoms with Gasteiger partial charge in [0.25, 0.3) is 0 Å². The smallest absolute Gasteiger partial charge is 0.325 e. The number of nitrogens with two attached hydrogens (primary N) is 1. The molecule has 0 aliphatic rings. The fourth-order valence-corrected chi connectivity index (χ4v) is 0.865. The molecule has 0 saturated carbocycles. The number of carboxylic acid groups (broad SMARTS) is 1. The number of aromatic nitrogens is 2. The predicted molar refractivity (Wildman–Crippen MR) is 42.4 cm³/mol. The maximum atomic E-state index is 10.6. The summed E-state index contributed by atoms with van der Waals surface area (Å²) in [7, 11) is 0. The second-order valence-corrected chi connectivity index (χ2v) is 2.56. The molecule has 72 valence electrons. The van der Waals surface area contributed by atoms with Crippen LogP contribution in [0.3, 0.4) is 0 Å². The first-order chi connectivity index (χ1) is 6.00. The first-order valence-corrected chi connectivity index (χ1v) is 3.49. The summed E-state index contributed by atoms with van der Waals surface area (Å²) in [6, 6.07) is -1.14. The van der Waals surface area contributed by atoms with Gasteiger partial charge in [0.05, 0.1) is 5.69 Å². The maximum absolute atomic E-state index is 10.6. The van der Waals surface area contributed by atoms with Crippen LogP contribution in [-0.4, -0.2) is 32.2 Å². The number of aliphatic carboxylic acids is 1. The van der Waals surface area contributed by atoms with Gasteiger partial charge in [-0.15, -0.1) is 0 Å². The number of aromatic amines is 2. The van der Waals surface area contributed by atoms with E-state index >= 15 is 0 Å². The van der Waals surface area contributed by atoms with Crippen LogP contribution in [0.4, 0.5) is 0 Å². The van der Waals surface area contributed by atoms with Gasteiger partial charge in [-0.1, -0.05) is 0 Å². The van der Waals surface area contributed by atoms with E-state index in [-0.39, 0.29) is 18.0 Å². The molecule has 1 aromatic rings. The van der Waals surface area contributed by atoms with Gasteiger partial charge < -0.3 is 20.9 Å². The molecule has 0 unspecified atom stereocenters. The highest BCUT2D eigenvalue weighted by atomic mass is 16.4. The molecule has 0 spiro atoms. The lowest BCUT2D eigenvalue weighted by Crippen LogP contribution is -2.32. The van der Waals surface area contributed by atoms with E-state index in [2.05, 4.69) is 4.98 Å². The minimum Gasteiger partial charge on any atom is -0.493 e. The van der Waals surface area contributed by atoms with Crippen LogP contribution in [0.25, 0.3) is 0 Å². The van der Waals surface area contributed by atoms with Crippen molar-refractivity contribution in [3.63, 3.8) is 0 Å². The minimum atomic E-state index is -1.19. The number of aromatic hydroxyl groups is 1. The standard InChI is InChI=1S/C6H9N3O4/c7-2(5(11)12)1-3-4(10)9-6(13)8-3/h2,10H,1,7H2,(H,11,12)(H2,8,9,13)/t2-/m0/s1. The van der Waals surface area contributed by atoms with Crippen molar-refractivity contribution in [2.24, 2.45) is 5.73 Å². The first-order valence-electron chi connectivity index (χ1n) is 3.49. The fourth-order valence-electron chi connectivity index (χ4n) is 0.865. The van der Waals surface area contributed by atoms with Gasteiger partial charge >= 0.3 is 11.7 Å². The molecule has 0 saturated heterocycles. The lowest BCUT2D eigenvalue weighted by Gasteiger charge is -2.03. The van der Waals surface area contributed by atoms with Gasteiger partial charge in [-0.25, -0.2) is 4.79 Å². The van der Waals surface area contributed by atoms with Crippen molar-refractivity contribution >= 4 is 5.97 Å². The molecule has 0 aromatic carbocycles. The molecule has 1 aromatic heterocycles. The molecular formula is C6H9N3O4. The normalized spacial score (nSPS) is 12.7. The highest BCUT2D eigenvalue weighted by Crippen LogP contribution is 2.08. The lowest BCUT2D eigenvalue weighted by molar-refractivity contribution is -0.138. The zero-order valence-electron chi connectivity index (χ0n) is 6.57. The third kappa shape index (κ3) is 2.09. The number of imidazole rings is 1. The highest BCUT2D eigenvalue weighted by molar-refractivity contribution is 5.73. The van der Waals surface area contributed by atoms with Crippen molar-refractivity contribution in [1.82, 2.24) is 9.97 Å². The molecule has 1 atom stereocenters. The summed E-state index contributed by atoms with van der Waals surface area (Å²) in [6.45, 7) is 0. The van der Waals surface area contributed by atoms with Gasteiger partial charge in [0, 0.05) is 6.42 Å². The number of hydrogen-bond donors (Lipinski definition) is 5. The number of H-pyrrole nitrogens is 2. The summed E-state index contributed by atoms with van der Waals surface area (Å²) < 4.78 is 0. The molecule has 0 fully saturated rings. The van der Waals surface area contributed by atoms with Crippen LogP contribution < -0.4 is 11.4 Å². The van der Waals surface area contributed by atoms with Crippen molar-refractivity contribution in [2.75, 3.05) is 0 Å². The molecule has 7 nitrogen and oxygen atoms in total. The van der Waals surface area contributed by atoms with E-state index in [9.17, 15) is 9.59 Å². The predicted octanol–water partition coefficient (Wildman–Crippen LogP) is -1.64. The van der Waals surface area contributed by atoms with Crippen LogP contribution in [0.5, 0.6) is 5.88 Å². The SMILES string of the molecule is N[C@@H](Cc1[nH]c(=O)[nH]c1O)C(=O)O. The molecule has 1 rings (SSSR count). The monoisotopic (exact) mass is 187 g/mol. The topological polar surface area (TPSA) is 132 Å². The van der Waals surface area contributed by atoms with E-state index in [0.29, 0.717) is 0 Å². The average Bonchev–Trinajstić information content (AvgIpc) is 2.30. The third-order valence-electron chi connectivity index (χ3n) is 1.52. The molecule has 0 aliphatic carbocycles. The quantitative estimate of drug-likeness (QED) is 0.387. The Balaban J connectivity index is 2.80. The number of carboxylic acids is 1. The first kappa shape index (κ1) is 9.33. The second kappa shape index (κ2) is 3.31. The molecule has 6 N–H and O–H groups in total. The van der Waals surface area contributed by atoms with Gasteiger partial charge in [0.1, 0.15) is 6.04 Å². The van der Waals surface area contributed by atoms with E-state index in [0.717, 1.165) is 0 Å². The Morgan fingerprint density at radius 1 is 1.54 bits per heavy atom. The van der Waals surface area contributed by atoms with Crippen LogP contribution in [0.1, 0.15) is 5.69 Å². The van der Waals surface area contributed by atoms with Crippen molar-refractivity contribution < 1.29 is 15.0 Å². The molecule has 0 aliphatic heterocycles. The van der Waals surface area contributed by atoms with Crippen LogP contribution in [0, 0.1) is 0 Å². The number of hydrogen-bond acceptors (Lipinski definition) is 4. The van der Waals surface area contributed by atoms with E-state index in [1.807, 2.05) is 4.98 Å². The summed E-state index contributed by atoms with van der Waals surface area (Å²) in [5.74, 6) is -1.57. The van der Waals surface area contributed by atoms with E-state index in [1.165, 1.54) is 0 Å². The Kier molecular flexibility index (Phi) is 2.38. The number of nitrogens with one attached hydrogen (secondary N) is 2.